The number of nitrogens with one attached hydrogen (secondary N) is 1. The molecule has 3 aromatic rings. The molecule has 1 saturated heterocycles. The number of ether oxygens (including phenoxy) is 1. The molecule has 7 heteroatoms. The maximum absolute atomic E-state index is 12.7. The van der Waals surface area contributed by atoms with Crippen molar-refractivity contribution in [3.8, 4) is 5.75 Å². The van der Waals surface area contributed by atoms with Crippen molar-refractivity contribution in [3.63, 3.8) is 0 Å². The predicted octanol–water partition coefficient (Wildman–Crippen LogP) is 3.22. The van der Waals surface area contributed by atoms with E-state index in [1.165, 1.54) is 0 Å². The first-order valence-corrected chi connectivity index (χ1v) is 10.4. The van der Waals surface area contributed by atoms with Crippen LogP contribution in [0.1, 0.15) is 5.56 Å². The molecular formula is C22H22BrN3O3. The summed E-state index contributed by atoms with van der Waals surface area (Å²) in [6.45, 7) is 2.16. The van der Waals surface area contributed by atoms with E-state index in [1.54, 1.807) is 4.90 Å². The summed E-state index contributed by atoms with van der Waals surface area (Å²) in [6, 6.07) is 15.4. The molecule has 2 aromatic carbocycles. The number of benzene rings is 2. The number of para-hydroxylation sites is 1. The number of fused-ring (bicyclic) bond motifs is 1. The SMILES string of the molecule is O=C(COc1ccc(Br)cc1)N1CCN(C(=O)Cc2c[nH]c3ccccc23)CC1. The van der Waals surface area contributed by atoms with Gasteiger partial charge in [-0.25, -0.2) is 0 Å². The smallest absolute Gasteiger partial charge is 0.260 e. The summed E-state index contributed by atoms with van der Waals surface area (Å²) in [4.78, 5) is 31.9. The molecule has 0 unspecified atom stereocenters. The summed E-state index contributed by atoms with van der Waals surface area (Å²) in [5.41, 5.74) is 2.04. The summed E-state index contributed by atoms with van der Waals surface area (Å²) in [5.74, 6) is 0.693. The summed E-state index contributed by atoms with van der Waals surface area (Å²) in [6.07, 6.45) is 2.27. The van der Waals surface area contributed by atoms with Gasteiger partial charge in [-0.1, -0.05) is 34.1 Å². The number of hydrogen-bond donors (Lipinski definition) is 1. The van der Waals surface area contributed by atoms with E-state index in [1.807, 2.05) is 59.6 Å². The van der Waals surface area contributed by atoms with E-state index in [-0.39, 0.29) is 18.4 Å². The Labute approximate surface area is 177 Å². The van der Waals surface area contributed by atoms with Crippen LogP contribution in [0, 0.1) is 0 Å². The highest BCUT2D eigenvalue weighted by atomic mass is 79.9. The zero-order valence-corrected chi connectivity index (χ0v) is 17.5. The molecule has 0 atom stereocenters. The van der Waals surface area contributed by atoms with Crippen LogP contribution in [0.3, 0.4) is 0 Å². The van der Waals surface area contributed by atoms with E-state index < -0.39 is 0 Å². The Morgan fingerprint density at radius 1 is 0.931 bits per heavy atom. The highest BCUT2D eigenvalue weighted by Crippen LogP contribution is 2.19. The average molecular weight is 456 g/mol. The lowest BCUT2D eigenvalue weighted by molar-refractivity contribution is -0.140. The van der Waals surface area contributed by atoms with Crippen LogP contribution in [0.2, 0.25) is 0 Å². The van der Waals surface area contributed by atoms with Crippen molar-refractivity contribution < 1.29 is 14.3 Å². The van der Waals surface area contributed by atoms with E-state index in [0.717, 1.165) is 20.9 Å². The number of hydrogen-bond acceptors (Lipinski definition) is 3. The van der Waals surface area contributed by atoms with Crippen molar-refractivity contribution >= 4 is 38.6 Å². The number of carbonyl (C=O) groups is 2. The molecule has 4 rings (SSSR count). The fourth-order valence-electron chi connectivity index (χ4n) is 3.53. The first-order chi connectivity index (χ1) is 14.1. The van der Waals surface area contributed by atoms with Crippen LogP contribution in [-0.2, 0) is 16.0 Å². The lowest BCUT2D eigenvalue weighted by Gasteiger charge is -2.34. The molecule has 1 aromatic heterocycles. The van der Waals surface area contributed by atoms with Crippen LogP contribution in [0.4, 0.5) is 0 Å². The standard InChI is InChI=1S/C22H22BrN3O3/c23-17-5-7-18(8-6-17)29-15-22(28)26-11-9-25(10-12-26)21(27)13-16-14-24-20-4-2-1-3-19(16)20/h1-8,14,24H,9-13,15H2. The molecule has 1 aliphatic heterocycles. The molecule has 2 amide bonds. The largest absolute Gasteiger partial charge is 0.484 e. The third kappa shape index (κ3) is 4.62. The first-order valence-electron chi connectivity index (χ1n) is 9.59. The van der Waals surface area contributed by atoms with Gasteiger partial charge in [-0.2, -0.15) is 0 Å². The average Bonchev–Trinajstić information content (AvgIpc) is 3.16. The van der Waals surface area contributed by atoms with Gasteiger partial charge in [-0.05, 0) is 35.9 Å². The Balaban J connectivity index is 1.26. The second kappa shape index (κ2) is 8.69. The van der Waals surface area contributed by atoms with Gasteiger partial charge >= 0.3 is 0 Å². The fourth-order valence-corrected chi connectivity index (χ4v) is 3.79. The number of amides is 2. The summed E-state index contributed by atoms with van der Waals surface area (Å²) in [7, 11) is 0. The van der Waals surface area contributed by atoms with Gasteiger partial charge < -0.3 is 19.5 Å². The third-order valence-corrected chi connectivity index (χ3v) is 5.71. The number of nitrogens with zero attached hydrogens (tertiary/aromatic N) is 2. The van der Waals surface area contributed by atoms with Gasteiger partial charge in [-0.3, -0.25) is 9.59 Å². The Morgan fingerprint density at radius 2 is 1.59 bits per heavy atom. The lowest BCUT2D eigenvalue weighted by Crippen LogP contribution is -2.52. The lowest BCUT2D eigenvalue weighted by atomic mass is 10.1. The van der Waals surface area contributed by atoms with Crippen LogP contribution in [0.15, 0.2) is 59.2 Å². The Hall–Kier alpha value is -2.80. The van der Waals surface area contributed by atoms with Gasteiger partial charge in [0, 0.05) is 47.8 Å². The maximum atomic E-state index is 12.7. The minimum absolute atomic E-state index is 0.00488. The van der Waals surface area contributed by atoms with E-state index >= 15 is 0 Å². The van der Waals surface area contributed by atoms with Crippen LogP contribution in [-0.4, -0.2) is 59.4 Å². The van der Waals surface area contributed by atoms with E-state index in [2.05, 4.69) is 20.9 Å². The number of aromatic amines is 1. The number of carbonyl (C=O) groups excluding carboxylic acids is 2. The number of halogens is 1. The van der Waals surface area contributed by atoms with Crippen LogP contribution in [0.5, 0.6) is 5.75 Å². The van der Waals surface area contributed by atoms with E-state index in [0.29, 0.717) is 38.3 Å². The van der Waals surface area contributed by atoms with Crippen molar-refractivity contribution in [2.45, 2.75) is 6.42 Å². The Kier molecular flexibility index (Phi) is 5.85. The van der Waals surface area contributed by atoms with Gasteiger partial charge in [0.2, 0.25) is 5.91 Å². The number of H-pyrrole nitrogens is 1. The highest BCUT2D eigenvalue weighted by Gasteiger charge is 2.24. The van der Waals surface area contributed by atoms with Crippen molar-refractivity contribution in [1.82, 2.24) is 14.8 Å². The fraction of sp³-hybridized carbons (Fsp3) is 0.273. The van der Waals surface area contributed by atoms with Crippen molar-refractivity contribution in [1.29, 1.82) is 0 Å². The summed E-state index contributed by atoms with van der Waals surface area (Å²) >= 11 is 3.37. The molecule has 29 heavy (non-hydrogen) atoms. The molecule has 0 radical (unpaired) electrons. The van der Waals surface area contributed by atoms with Crippen LogP contribution < -0.4 is 4.74 Å². The normalized spacial score (nSPS) is 14.2. The van der Waals surface area contributed by atoms with E-state index in [9.17, 15) is 9.59 Å². The first kappa shape index (κ1) is 19.5. The van der Waals surface area contributed by atoms with Crippen molar-refractivity contribution in [2.24, 2.45) is 0 Å². The zero-order valence-electron chi connectivity index (χ0n) is 15.9. The molecule has 1 aliphatic rings. The third-order valence-electron chi connectivity index (χ3n) is 5.18. The maximum Gasteiger partial charge on any atom is 0.260 e. The van der Waals surface area contributed by atoms with Gasteiger partial charge in [0.1, 0.15) is 5.75 Å². The van der Waals surface area contributed by atoms with Crippen molar-refractivity contribution in [3.05, 3.63) is 64.8 Å². The Morgan fingerprint density at radius 3 is 2.31 bits per heavy atom. The topological polar surface area (TPSA) is 65.6 Å². The molecule has 6 nitrogen and oxygen atoms in total. The highest BCUT2D eigenvalue weighted by molar-refractivity contribution is 9.10. The van der Waals surface area contributed by atoms with Gasteiger partial charge in [0.05, 0.1) is 6.42 Å². The minimum atomic E-state index is -0.0587. The molecule has 0 aliphatic carbocycles. The van der Waals surface area contributed by atoms with Crippen molar-refractivity contribution in [2.75, 3.05) is 32.8 Å². The molecule has 2 heterocycles. The number of aromatic nitrogens is 1. The molecule has 0 bridgehead atoms. The quantitative estimate of drug-likeness (QED) is 0.642. The molecule has 1 N–H and O–H groups in total. The molecule has 1 fully saturated rings. The van der Waals surface area contributed by atoms with Gasteiger partial charge in [0.25, 0.3) is 5.91 Å². The molecule has 0 saturated carbocycles. The number of piperazine rings is 1. The van der Waals surface area contributed by atoms with Gasteiger partial charge in [-0.15, -0.1) is 0 Å². The Bertz CT molecular complexity index is 1010. The second-order valence-electron chi connectivity index (χ2n) is 7.04. The van der Waals surface area contributed by atoms with Gasteiger partial charge in [0.15, 0.2) is 6.61 Å². The monoisotopic (exact) mass is 455 g/mol. The predicted molar refractivity (Wildman–Crippen MR) is 115 cm³/mol. The minimum Gasteiger partial charge on any atom is -0.484 e. The summed E-state index contributed by atoms with van der Waals surface area (Å²) < 4.78 is 6.53. The summed E-state index contributed by atoms with van der Waals surface area (Å²) in [5, 5.41) is 1.08. The molecule has 150 valence electrons. The second-order valence-corrected chi connectivity index (χ2v) is 7.96. The zero-order chi connectivity index (χ0) is 20.2. The van der Waals surface area contributed by atoms with Crippen LogP contribution in [0.25, 0.3) is 10.9 Å². The van der Waals surface area contributed by atoms with E-state index in [4.69, 9.17) is 4.74 Å². The molecule has 0 spiro atoms. The van der Waals surface area contributed by atoms with Crippen LogP contribution >= 0.6 is 15.9 Å². The molecular weight excluding hydrogens is 434 g/mol. The number of rotatable bonds is 5.